The minimum Gasteiger partial charge on any atom is -0.480 e. The number of hydrazone groups is 1. The number of aryl methyl sites for hydroxylation is 1. The molecule has 26 heavy (non-hydrogen) atoms. The average molecular weight is 441 g/mol. The van der Waals surface area contributed by atoms with Gasteiger partial charge in [-0.25, -0.2) is 5.43 Å². The molecule has 2 aromatic rings. The van der Waals surface area contributed by atoms with E-state index in [9.17, 15) is 14.9 Å². The Labute approximate surface area is 163 Å². The maximum absolute atomic E-state index is 12.1. The van der Waals surface area contributed by atoms with Crippen LogP contribution in [0.2, 0.25) is 5.02 Å². The van der Waals surface area contributed by atoms with E-state index >= 15 is 0 Å². The first-order valence-electron chi connectivity index (χ1n) is 7.47. The van der Waals surface area contributed by atoms with Crippen molar-refractivity contribution < 1.29 is 14.5 Å². The van der Waals surface area contributed by atoms with Crippen molar-refractivity contribution >= 4 is 45.3 Å². The van der Waals surface area contributed by atoms with Crippen molar-refractivity contribution in [3.8, 4) is 5.75 Å². The number of carbonyl (C=O) groups is 1. The second-order valence-corrected chi connectivity index (χ2v) is 6.66. The SMILES string of the molecule is Cc1ccc(O[C@H](C)C(=O)N/N=C/c2ccc(Cl)c([N+](=O)[O-])c2)c(Br)c1. The highest BCUT2D eigenvalue weighted by atomic mass is 79.9. The van der Waals surface area contributed by atoms with Crippen LogP contribution in [0.3, 0.4) is 0 Å². The fourth-order valence-electron chi connectivity index (χ4n) is 1.96. The van der Waals surface area contributed by atoms with Gasteiger partial charge in [-0.15, -0.1) is 0 Å². The quantitative estimate of drug-likeness (QED) is 0.413. The molecule has 0 aliphatic carbocycles. The Morgan fingerprint density at radius 2 is 2.12 bits per heavy atom. The van der Waals surface area contributed by atoms with Crippen molar-refractivity contribution in [1.29, 1.82) is 0 Å². The van der Waals surface area contributed by atoms with Gasteiger partial charge in [-0.3, -0.25) is 14.9 Å². The number of amides is 1. The van der Waals surface area contributed by atoms with Gasteiger partial charge in [0.05, 0.1) is 15.6 Å². The van der Waals surface area contributed by atoms with Gasteiger partial charge in [0.15, 0.2) is 6.10 Å². The highest BCUT2D eigenvalue weighted by Crippen LogP contribution is 2.27. The Morgan fingerprint density at radius 3 is 2.77 bits per heavy atom. The molecule has 0 fully saturated rings. The van der Waals surface area contributed by atoms with Crippen LogP contribution < -0.4 is 10.2 Å². The molecule has 0 bridgehead atoms. The number of hydrogen-bond donors (Lipinski definition) is 1. The van der Waals surface area contributed by atoms with E-state index in [1.54, 1.807) is 19.1 Å². The molecule has 0 aliphatic heterocycles. The predicted octanol–water partition coefficient (Wildman–Crippen LogP) is 4.24. The Bertz CT molecular complexity index is 873. The number of hydrogen-bond acceptors (Lipinski definition) is 5. The van der Waals surface area contributed by atoms with Crippen molar-refractivity contribution in [2.45, 2.75) is 20.0 Å². The molecule has 1 amide bonds. The molecule has 0 heterocycles. The molecule has 0 aromatic heterocycles. The smallest absolute Gasteiger partial charge is 0.288 e. The molecule has 1 N–H and O–H groups in total. The van der Waals surface area contributed by atoms with Gasteiger partial charge in [0, 0.05) is 11.6 Å². The van der Waals surface area contributed by atoms with Crippen LogP contribution >= 0.6 is 27.5 Å². The Kier molecular flexibility index (Phi) is 6.70. The lowest BCUT2D eigenvalue weighted by Gasteiger charge is -2.14. The number of nitrogens with zero attached hydrogens (tertiary/aromatic N) is 2. The third-order valence-electron chi connectivity index (χ3n) is 3.32. The number of nitrogens with one attached hydrogen (secondary N) is 1. The summed E-state index contributed by atoms with van der Waals surface area (Å²) in [6.45, 7) is 3.53. The van der Waals surface area contributed by atoms with Gasteiger partial charge in [0.2, 0.25) is 0 Å². The zero-order valence-electron chi connectivity index (χ0n) is 13.9. The van der Waals surface area contributed by atoms with E-state index in [0.717, 1.165) is 10.0 Å². The highest BCUT2D eigenvalue weighted by molar-refractivity contribution is 9.10. The summed E-state index contributed by atoms with van der Waals surface area (Å²) in [5, 5.41) is 14.7. The molecular weight excluding hydrogens is 426 g/mol. The van der Waals surface area contributed by atoms with Gasteiger partial charge in [0.25, 0.3) is 11.6 Å². The second-order valence-electron chi connectivity index (χ2n) is 5.40. The number of carbonyl (C=O) groups excluding carboxylic acids is 1. The van der Waals surface area contributed by atoms with Crippen LogP contribution in [0.4, 0.5) is 5.69 Å². The van der Waals surface area contributed by atoms with Crippen molar-refractivity contribution in [2.75, 3.05) is 0 Å². The summed E-state index contributed by atoms with van der Waals surface area (Å²) in [6.07, 6.45) is 0.501. The van der Waals surface area contributed by atoms with E-state index < -0.39 is 16.9 Å². The standard InChI is InChI=1S/C17H15BrClN3O4/c1-10-3-6-16(13(18)7-10)26-11(2)17(23)21-20-9-12-4-5-14(19)15(8-12)22(24)25/h3-9,11H,1-2H3,(H,21,23)/b20-9+/t11-/m1/s1. The van der Waals surface area contributed by atoms with Crippen LogP contribution in [-0.4, -0.2) is 23.1 Å². The van der Waals surface area contributed by atoms with Gasteiger partial charge in [-0.05, 0) is 53.5 Å². The molecule has 2 rings (SSSR count). The molecule has 0 saturated heterocycles. The van der Waals surface area contributed by atoms with Gasteiger partial charge in [-0.2, -0.15) is 5.10 Å². The number of halogens is 2. The molecule has 1 atom stereocenters. The summed E-state index contributed by atoms with van der Waals surface area (Å²) in [5.41, 5.74) is 3.58. The number of benzene rings is 2. The first kappa shape index (κ1) is 19.9. The molecule has 2 aromatic carbocycles. The zero-order chi connectivity index (χ0) is 19.3. The molecule has 0 aliphatic rings. The monoisotopic (exact) mass is 439 g/mol. The van der Waals surface area contributed by atoms with E-state index in [-0.39, 0.29) is 10.7 Å². The minimum absolute atomic E-state index is 0.0295. The zero-order valence-corrected chi connectivity index (χ0v) is 16.2. The number of nitro benzene ring substituents is 1. The van der Waals surface area contributed by atoms with Crippen LogP contribution in [0, 0.1) is 17.0 Å². The fraction of sp³-hybridized carbons (Fsp3) is 0.176. The van der Waals surface area contributed by atoms with E-state index in [2.05, 4.69) is 26.5 Å². The third-order valence-corrected chi connectivity index (χ3v) is 4.25. The van der Waals surface area contributed by atoms with E-state index in [0.29, 0.717) is 11.3 Å². The second kappa shape index (κ2) is 8.77. The molecule has 7 nitrogen and oxygen atoms in total. The molecule has 0 unspecified atom stereocenters. The van der Waals surface area contributed by atoms with E-state index in [1.807, 2.05) is 19.1 Å². The Hall–Kier alpha value is -2.45. The summed E-state index contributed by atoms with van der Waals surface area (Å²) in [5.74, 6) is 0.0766. The highest BCUT2D eigenvalue weighted by Gasteiger charge is 2.16. The summed E-state index contributed by atoms with van der Waals surface area (Å²) in [7, 11) is 0. The topological polar surface area (TPSA) is 93.8 Å². The first-order chi connectivity index (χ1) is 12.3. The molecule has 0 spiro atoms. The van der Waals surface area contributed by atoms with Gasteiger partial charge in [0.1, 0.15) is 10.8 Å². The van der Waals surface area contributed by atoms with Crippen molar-refractivity contribution in [1.82, 2.24) is 5.43 Å². The maximum Gasteiger partial charge on any atom is 0.288 e. The molecule has 0 radical (unpaired) electrons. The van der Waals surface area contributed by atoms with Crippen LogP contribution in [0.15, 0.2) is 46.0 Å². The largest absolute Gasteiger partial charge is 0.480 e. The van der Waals surface area contributed by atoms with Crippen LogP contribution in [0.1, 0.15) is 18.1 Å². The third kappa shape index (κ3) is 5.27. The summed E-state index contributed by atoms with van der Waals surface area (Å²) in [6, 6.07) is 9.72. The van der Waals surface area contributed by atoms with Crippen molar-refractivity contribution in [2.24, 2.45) is 5.10 Å². The molecule has 0 saturated carbocycles. The molecule has 9 heteroatoms. The lowest BCUT2D eigenvalue weighted by atomic mass is 10.2. The number of rotatable bonds is 6. The van der Waals surface area contributed by atoms with Crippen LogP contribution in [-0.2, 0) is 4.79 Å². The average Bonchev–Trinajstić information content (AvgIpc) is 2.58. The normalized spacial score (nSPS) is 12.0. The van der Waals surface area contributed by atoms with Gasteiger partial charge >= 0.3 is 0 Å². The number of nitro groups is 1. The Morgan fingerprint density at radius 1 is 1.38 bits per heavy atom. The lowest BCUT2D eigenvalue weighted by Crippen LogP contribution is -2.33. The minimum atomic E-state index is -0.786. The summed E-state index contributed by atoms with van der Waals surface area (Å²) >= 11 is 9.12. The molecular formula is C17H15BrClN3O4. The van der Waals surface area contributed by atoms with Crippen LogP contribution in [0.5, 0.6) is 5.75 Å². The van der Waals surface area contributed by atoms with E-state index in [1.165, 1.54) is 18.3 Å². The fourth-order valence-corrected chi connectivity index (χ4v) is 2.73. The number of ether oxygens (including phenoxy) is 1. The Balaban J connectivity index is 1.98. The first-order valence-corrected chi connectivity index (χ1v) is 8.64. The predicted molar refractivity (Wildman–Crippen MR) is 103 cm³/mol. The maximum atomic E-state index is 12.1. The van der Waals surface area contributed by atoms with Crippen LogP contribution in [0.25, 0.3) is 0 Å². The summed E-state index contributed by atoms with van der Waals surface area (Å²) in [4.78, 5) is 22.3. The van der Waals surface area contributed by atoms with Gasteiger partial charge < -0.3 is 4.74 Å². The molecule has 136 valence electrons. The van der Waals surface area contributed by atoms with E-state index in [4.69, 9.17) is 16.3 Å². The summed E-state index contributed by atoms with van der Waals surface area (Å²) < 4.78 is 6.34. The lowest BCUT2D eigenvalue weighted by molar-refractivity contribution is -0.384. The van der Waals surface area contributed by atoms with Crippen molar-refractivity contribution in [3.63, 3.8) is 0 Å². The van der Waals surface area contributed by atoms with Gasteiger partial charge in [-0.1, -0.05) is 23.7 Å². The van der Waals surface area contributed by atoms with Crippen molar-refractivity contribution in [3.05, 3.63) is 67.1 Å².